The molecule has 2 aromatic carbocycles. The number of benzene rings is 2. The van der Waals surface area contributed by atoms with Gasteiger partial charge in [0.2, 0.25) is 0 Å². The molecule has 3 rings (SSSR count). The Bertz CT molecular complexity index is 896. The molecule has 0 aromatic heterocycles. The smallest absolute Gasteiger partial charge is 0.298 e. The van der Waals surface area contributed by atoms with Crippen LogP contribution in [0.3, 0.4) is 0 Å². The standard InChI is InChI=1S/C17H9Cl3F3NOS/c18-12-4-11(5-13(19)6-12)16(17(21,22)23)7-15(24-26-16)9-1-2-10(8-25)14(20)3-9/h1-6,8H,7H2. The fourth-order valence-electron chi connectivity index (χ4n) is 2.65. The summed E-state index contributed by atoms with van der Waals surface area (Å²) in [6.07, 6.45) is -4.43. The summed E-state index contributed by atoms with van der Waals surface area (Å²) in [4.78, 5) is 10.9. The van der Waals surface area contributed by atoms with Crippen molar-refractivity contribution in [1.82, 2.24) is 0 Å². The van der Waals surface area contributed by atoms with Gasteiger partial charge in [0.15, 0.2) is 11.0 Å². The van der Waals surface area contributed by atoms with E-state index in [2.05, 4.69) is 4.40 Å². The van der Waals surface area contributed by atoms with Crippen molar-refractivity contribution in [2.24, 2.45) is 4.40 Å². The van der Waals surface area contributed by atoms with Gasteiger partial charge in [-0.15, -0.1) is 0 Å². The van der Waals surface area contributed by atoms with Gasteiger partial charge in [0.25, 0.3) is 0 Å². The molecule has 1 aliphatic heterocycles. The lowest BCUT2D eigenvalue weighted by Gasteiger charge is -2.30. The zero-order valence-corrected chi connectivity index (χ0v) is 15.9. The van der Waals surface area contributed by atoms with Gasteiger partial charge in [-0.25, -0.2) is 4.40 Å². The lowest BCUT2D eigenvalue weighted by Crippen LogP contribution is -2.38. The largest absolute Gasteiger partial charge is 0.409 e. The van der Waals surface area contributed by atoms with E-state index in [-0.39, 0.29) is 31.9 Å². The van der Waals surface area contributed by atoms with Gasteiger partial charge in [-0.2, -0.15) is 13.2 Å². The van der Waals surface area contributed by atoms with Crippen molar-refractivity contribution in [1.29, 1.82) is 0 Å². The first kappa shape index (κ1) is 19.5. The molecular formula is C17H9Cl3F3NOS. The highest BCUT2D eigenvalue weighted by Crippen LogP contribution is 2.57. The van der Waals surface area contributed by atoms with Gasteiger partial charge in [-0.05, 0) is 53.4 Å². The summed E-state index contributed by atoms with van der Waals surface area (Å²) in [6.45, 7) is 0. The molecule has 0 saturated carbocycles. The minimum Gasteiger partial charge on any atom is -0.298 e. The third kappa shape index (κ3) is 3.48. The van der Waals surface area contributed by atoms with Gasteiger partial charge in [0, 0.05) is 22.0 Å². The Kier molecular flexibility index (Phi) is 5.32. The minimum atomic E-state index is -4.59. The number of carbonyl (C=O) groups excluding carboxylic acids is 1. The first-order valence-corrected chi connectivity index (χ1v) is 9.10. The number of alkyl halides is 3. The van der Waals surface area contributed by atoms with Crippen molar-refractivity contribution in [2.45, 2.75) is 17.3 Å². The van der Waals surface area contributed by atoms with Crippen LogP contribution < -0.4 is 0 Å². The molecule has 0 saturated heterocycles. The second-order valence-corrected chi connectivity index (χ2v) is 7.99. The van der Waals surface area contributed by atoms with Gasteiger partial charge in [0.05, 0.1) is 10.7 Å². The van der Waals surface area contributed by atoms with Gasteiger partial charge in [0.1, 0.15) is 0 Å². The monoisotopic (exact) mass is 437 g/mol. The molecule has 0 radical (unpaired) electrons. The highest BCUT2D eigenvalue weighted by atomic mass is 35.5. The third-order valence-corrected chi connectivity index (χ3v) is 5.97. The lowest BCUT2D eigenvalue weighted by molar-refractivity contribution is -0.159. The van der Waals surface area contributed by atoms with Crippen LogP contribution in [0.2, 0.25) is 15.1 Å². The number of aldehydes is 1. The average molecular weight is 439 g/mol. The summed E-state index contributed by atoms with van der Waals surface area (Å²) in [5.41, 5.74) is 0.836. The predicted molar refractivity (Wildman–Crippen MR) is 99.8 cm³/mol. The summed E-state index contributed by atoms with van der Waals surface area (Å²) in [5.74, 6) is 0. The number of rotatable bonds is 3. The maximum atomic E-state index is 14.0. The van der Waals surface area contributed by atoms with E-state index < -0.39 is 17.3 Å². The van der Waals surface area contributed by atoms with Crippen LogP contribution in [0.15, 0.2) is 40.8 Å². The van der Waals surface area contributed by atoms with Gasteiger partial charge in [-0.3, -0.25) is 4.79 Å². The van der Waals surface area contributed by atoms with E-state index in [0.29, 0.717) is 23.8 Å². The summed E-state index contributed by atoms with van der Waals surface area (Å²) in [6, 6.07) is 8.26. The van der Waals surface area contributed by atoms with Crippen LogP contribution in [0.4, 0.5) is 13.2 Å². The number of nitrogens with zero attached hydrogens (tertiary/aromatic N) is 1. The summed E-state index contributed by atoms with van der Waals surface area (Å²) in [5, 5.41) is 0.382. The molecule has 0 bridgehead atoms. The van der Waals surface area contributed by atoms with Crippen LogP contribution in [0.1, 0.15) is 27.9 Å². The van der Waals surface area contributed by atoms with Crippen molar-refractivity contribution in [3.8, 4) is 0 Å². The van der Waals surface area contributed by atoms with Crippen LogP contribution in [-0.2, 0) is 4.75 Å². The van der Waals surface area contributed by atoms with E-state index >= 15 is 0 Å². The van der Waals surface area contributed by atoms with E-state index in [9.17, 15) is 18.0 Å². The van der Waals surface area contributed by atoms with Crippen LogP contribution in [0, 0.1) is 0 Å². The normalized spacial score (nSPS) is 20.2. The molecular weight excluding hydrogens is 430 g/mol. The third-order valence-electron chi connectivity index (χ3n) is 3.98. The molecule has 0 spiro atoms. The molecule has 2 nitrogen and oxygen atoms in total. The molecule has 26 heavy (non-hydrogen) atoms. The number of hydrogen-bond donors (Lipinski definition) is 0. The van der Waals surface area contributed by atoms with Crippen molar-refractivity contribution in [3.05, 3.63) is 68.2 Å². The Morgan fingerprint density at radius 2 is 1.73 bits per heavy atom. The highest BCUT2D eigenvalue weighted by Gasteiger charge is 2.60. The maximum absolute atomic E-state index is 14.0. The average Bonchev–Trinajstić information content (AvgIpc) is 3.00. The summed E-state index contributed by atoms with van der Waals surface area (Å²) >= 11 is 18.2. The molecule has 2 aromatic rings. The number of hydrogen-bond acceptors (Lipinski definition) is 3. The fourth-order valence-corrected chi connectivity index (χ4v) is 4.36. The second-order valence-electron chi connectivity index (χ2n) is 5.64. The van der Waals surface area contributed by atoms with Crippen LogP contribution in [-0.4, -0.2) is 18.2 Å². The Morgan fingerprint density at radius 3 is 2.27 bits per heavy atom. The SMILES string of the molecule is O=Cc1ccc(C2=NSC(c3cc(Cl)cc(Cl)c3)(C(F)(F)F)C2)cc1Cl. The molecule has 1 unspecified atom stereocenters. The molecule has 9 heteroatoms. The molecule has 0 amide bonds. The Hall–Kier alpha value is -1.21. The molecule has 1 heterocycles. The lowest BCUT2D eigenvalue weighted by atomic mass is 9.89. The highest BCUT2D eigenvalue weighted by molar-refractivity contribution is 7.99. The molecule has 136 valence electrons. The predicted octanol–water partition coefficient (Wildman–Crippen LogP) is 6.76. The summed E-state index contributed by atoms with van der Waals surface area (Å²) in [7, 11) is 0. The molecule has 0 aliphatic carbocycles. The van der Waals surface area contributed by atoms with E-state index in [1.54, 1.807) is 0 Å². The first-order valence-electron chi connectivity index (χ1n) is 7.20. The van der Waals surface area contributed by atoms with Gasteiger partial charge < -0.3 is 0 Å². The molecule has 0 N–H and O–H groups in total. The summed E-state index contributed by atoms with van der Waals surface area (Å²) < 4.78 is 43.7. The molecule has 0 fully saturated rings. The topological polar surface area (TPSA) is 29.4 Å². The van der Waals surface area contributed by atoms with Crippen LogP contribution in [0.5, 0.6) is 0 Å². The Balaban J connectivity index is 2.03. The second kappa shape index (κ2) is 7.08. The molecule has 1 aliphatic rings. The number of carbonyl (C=O) groups is 1. The quantitative estimate of drug-likeness (QED) is 0.391. The van der Waals surface area contributed by atoms with E-state index in [1.165, 1.54) is 36.4 Å². The van der Waals surface area contributed by atoms with Gasteiger partial charge in [-0.1, -0.05) is 40.9 Å². The minimum absolute atomic E-state index is 0.0677. The van der Waals surface area contributed by atoms with E-state index in [0.717, 1.165) is 0 Å². The maximum Gasteiger partial charge on any atom is 0.409 e. The molecule has 1 atom stereocenters. The number of halogens is 6. The van der Waals surface area contributed by atoms with Crippen molar-refractivity contribution in [2.75, 3.05) is 0 Å². The first-order chi connectivity index (χ1) is 12.2. The van der Waals surface area contributed by atoms with E-state index in [4.69, 9.17) is 34.8 Å². The zero-order chi connectivity index (χ0) is 19.1. The van der Waals surface area contributed by atoms with Crippen molar-refractivity contribution >= 4 is 58.7 Å². The van der Waals surface area contributed by atoms with Crippen molar-refractivity contribution in [3.63, 3.8) is 0 Å². The Morgan fingerprint density at radius 1 is 1.08 bits per heavy atom. The Labute approximate surface area is 166 Å². The fraction of sp³-hybridized carbons (Fsp3) is 0.176. The zero-order valence-electron chi connectivity index (χ0n) is 12.8. The van der Waals surface area contributed by atoms with Crippen molar-refractivity contribution < 1.29 is 18.0 Å². The van der Waals surface area contributed by atoms with Crippen LogP contribution >= 0.6 is 46.8 Å². The van der Waals surface area contributed by atoms with Crippen LogP contribution in [0.25, 0.3) is 0 Å². The van der Waals surface area contributed by atoms with E-state index in [1.807, 2.05) is 0 Å². The van der Waals surface area contributed by atoms with Gasteiger partial charge >= 0.3 is 6.18 Å².